The molecule has 0 amide bonds. The van der Waals surface area contributed by atoms with E-state index in [-0.39, 0.29) is 10.4 Å². The Morgan fingerprint density at radius 1 is 1.16 bits per heavy atom. The van der Waals surface area contributed by atoms with Gasteiger partial charge in [-0.25, -0.2) is 13.4 Å². The van der Waals surface area contributed by atoms with Crippen LogP contribution in [0.5, 0.6) is 0 Å². The van der Waals surface area contributed by atoms with E-state index in [4.69, 9.17) is 9.51 Å². The Morgan fingerprint density at radius 3 is 2.48 bits per heavy atom. The van der Waals surface area contributed by atoms with Crippen molar-refractivity contribution in [3.8, 4) is 11.5 Å². The zero-order chi connectivity index (χ0) is 21.6. The summed E-state index contributed by atoms with van der Waals surface area (Å²) >= 11 is 0. The van der Waals surface area contributed by atoms with E-state index in [0.29, 0.717) is 49.4 Å². The van der Waals surface area contributed by atoms with Crippen molar-refractivity contribution in [2.75, 3.05) is 13.1 Å². The van der Waals surface area contributed by atoms with Crippen LogP contribution < -0.4 is 0 Å². The summed E-state index contributed by atoms with van der Waals surface area (Å²) in [6.45, 7) is 2.64. The van der Waals surface area contributed by atoms with Crippen LogP contribution >= 0.6 is 0 Å². The minimum absolute atomic E-state index is 0.113. The Hall–Kier alpha value is -2.59. The predicted octanol–water partition coefficient (Wildman–Crippen LogP) is 2.70. The molecule has 4 heterocycles. The molecule has 164 valence electrons. The highest BCUT2D eigenvalue weighted by Crippen LogP contribution is 2.47. The van der Waals surface area contributed by atoms with Crippen molar-refractivity contribution in [2.45, 2.75) is 49.5 Å². The summed E-state index contributed by atoms with van der Waals surface area (Å²) in [5.74, 6) is 2.50. The highest BCUT2D eigenvalue weighted by molar-refractivity contribution is 7.89. The lowest BCUT2D eigenvalue weighted by Crippen LogP contribution is -2.46. The summed E-state index contributed by atoms with van der Waals surface area (Å²) in [6, 6.07) is 3.68. The second-order valence-corrected chi connectivity index (χ2v) is 10.6. The maximum Gasteiger partial charge on any atom is 0.262 e. The summed E-state index contributed by atoms with van der Waals surface area (Å²) in [6.07, 6.45) is 9.71. The Bertz CT molecular complexity index is 1160. The molecule has 0 spiro atoms. The number of hydrogen-bond acceptors (Lipinski definition) is 7. The molecule has 0 radical (unpaired) electrons. The minimum Gasteiger partial charge on any atom is -0.337 e. The number of nitrogens with zero attached hydrogens (tertiary/aromatic N) is 6. The normalized spacial score (nSPS) is 19.5. The molecule has 0 atom stereocenters. The van der Waals surface area contributed by atoms with Gasteiger partial charge in [0.15, 0.2) is 10.9 Å². The Balaban J connectivity index is 1.39. The lowest BCUT2D eigenvalue weighted by molar-refractivity contribution is 0.198. The lowest BCUT2D eigenvalue weighted by atomic mass is 9.74. The first-order chi connectivity index (χ1) is 14.9. The maximum absolute atomic E-state index is 13.1. The van der Waals surface area contributed by atoms with E-state index in [2.05, 4.69) is 15.1 Å². The molecule has 2 fully saturated rings. The van der Waals surface area contributed by atoms with Crippen molar-refractivity contribution in [3.05, 3.63) is 42.4 Å². The van der Waals surface area contributed by atoms with Crippen molar-refractivity contribution >= 4 is 10.0 Å². The third kappa shape index (κ3) is 3.78. The molecule has 2 aliphatic rings. The summed E-state index contributed by atoms with van der Waals surface area (Å²) in [5, 5.41) is 4.45. The van der Waals surface area contributed by atoms with Gasteiger partial charge < -0.3 is 9.09 Å². The lowest BCUT2D eigenvalue weighted by Gasteiger charge is -2.39. The quantitative estimate of drug-likeness (QED) is 0.578. The first-order valence-electron chi connectivity index (χ1n) is 10.6. The number of rotatable bonds is 6. The standard InChI is InChI=1S/C21H26N6O3S/c1-15-23-18(14-26(15)2)31(28,29)27-11-7-21(8-12-27,13-16-3-4-16)20-24-19(30-25-20)17-5-9-22-10-6-17/h5-6,9-10,14,16H,3-4,7-8,11-13H2,1-2H3. The summed E-state index contributed by atoms with van der Waals surface area (Å²) in [4.78, 5) is 13.0. The van der Waals surface area contributed by atoms with E-state index in [9.17, 15) is 8.42 Å². The topological polar surface area (TPSA) is 107 Å². The van der Waals surface area contributed by atoms with Crippen LogP contribution in [-0.4, -0.2) is 50.5 Å². The number of pyridine rings is 1. The average molecular weight is 443 g/mol. The molecule has 0 N–H and O–H groups in total. The van der Waals surface area contributed by atoms with Gasteiger partial charge in [-0.3, -0.25) is 4.98 Å². The molecule has 0 unspecified atom stereocenters. The molecule has 3 aromatic rings. The van der Waals surface area contributed by atoms with E-state index in [1.165, 1.54) is 12.8 Å². The third-order valence-corrected chi connectivity index (χ3v) is 8.34. The largest absolute Gasteiger partial charge is 0.337 e. The molecular formula is C21H26N6O3S. The molecule has 1 saturated heterocycles. The van der Waals surface area contributed by atoms with Crippen LogP contribution in [-0.2, 0) is 22.5 Å². The van der Waals surface area contributed by atoms with Crippen LogP contribution in [0.1, 0.15) is 43.8 Å². The van der Waals surface area contributed by atoms with E-state index in [1.54, 1.807) is 41.4 Å². The molecule has 9 nitrogen and oxygen atoms in total. The molecule has 0 bridgehead atoms. The molecule has 31 heavy (non-hydrogen) atoms. The summed E-state index contributed by atoms with van der Waals surface area (Å²) < 4.78 is 35.1. The number of piperidine rings is 1. The molecular weight excluding hydrogens is 416 g/mol. The van der Waals surface area contributed by atoms with Gasteiger partial charge in [0.05, 0.1) is 0 Å². The van der Waals surface area contributed by atoms with Crippen molar-refractivity contribution in [2.24, 2.45) is 13.0 Å². The van der Waals surface area contributed by atoms with E-state index in [0.717, 1.165) is 12.0 Å². The third-order valence-electron chi connectivity index (χ3n) is 6.57. The van der Waals surface area contributed by atoms with E-state index >= 15 is 0 Å². The number of sulfonamides is 1. The molecule has 1 saturated carbocycles. The molecule has 3 aromatic heterocycles. The average Bonchev–Trinajstić information content (AvgIpc) is 3.30. The van der Waals surface area contributed by atoms with Gasteiger partial charge in [0, 0.05) is 49.7 Å². The van der Waals surface area contributed by atoms with Crippen LogP contribution in [0.4, 0.5) is 0 Å². The van der Waals surface area contributed by atoms with Crippen LogP contribution in [0.25, 0.3) is 11.5 Å². The Kier molecular flexibility index (Phi) is 4.93. The summed E-state index contributed by atoms with van der Waals surface area (Å²) in [5.41, 5.74) is 0.572. The van der Waals surface area contributed by atoms with Gasteiger partial charge in [0.25, 0.3) is 15.9 Å². The fourth-order valence-electron chi connectivity index (χ4n) is 4.38. The summed E-state index contributed by atoms with van der Waals surface area (Å²) in [7, 11) is -1.82. The first kappa shape index (κ1) is 20.3. The van der Waals surface area contributed by atoms with Gasteiger partial charge in [-0.1, -0.05) is 18.0 Å². The number of imidazole rings is 1. The second-order valence-electron chi connectivity index (χ2n) is 8.73. The zero-order valence-corrected chi connectivity index (χ0v) is 18.5. The fourth-order valence-corrected chi connectivity index (χ4v) is 5.85. The number of aromatic nitrogens is 5. The van der Waals surface area contributed by atoms with Crippen LogP contribution in [0.2, 0.25) is 0 Å². The molecule has 0 aromatic carbocycles. The van der Waals surface area contributed by atoms with Gasteiger partial charge in [-0.15, -0.1) is 0 Å². The fraction of sp³-hybridized carbons (Fsp3) is 0.524. The van der Waals surface area contributed by atoms with Crippen molar-refractivity contribution < 1.29 is 12.9 Å². The second kappa shape index (κ2) is 7.52. The first-order valence-corrected chi connectivity index (χ1v) is 12.1. The van der Waals surface area contributed by atoms with Crippen LogP contribution in [0.15, 0.2) is 40.3 Å². The van der Waals surface area contributed by atoms with Gasteiger partial charge in [-0.05, 0) is 44.2 Å². The van der Waals surface area contributed by atoms with Gasteiger partial charge in [0.1, 0.15) is 5.82 Å². The molecule has 1 aliphatic carbocycles. The molecule has 5 rings (SSSR count). The minimum atomic E-state index is -3.62. The van der Waals surface area contributed by atoms with Crippen molar-refractivity contribution in [1.82, 2.24) is 29.0 Å². The van der Waals surface area contributed by atoms with Crippen LogP contribution in [0.3, 0.4) is 0 Å². The monoisotopic (exact) mass is 442 g/mol. The Morgan fingerprint density at radius 2 is 1.87 bits per heavy atom. The smallest absolute Gasteiger partial charge is 0.262 e. The maximum atomic E-state index is 13.1. The molecule has 1 aliphatic heterocycles. The SMILES string of the molecule is Cc1nc(S(=O)(=O)N2CCC(CC3CC3)(c3noc(-c4ccncc4)n3)CC2)cn1C. The number of aryl methyl sites for hydroxylation is 2. The van der Waals surface area contributed by atoms with E-state index < -0.39 is 10.0 Å². The Labute approximate surface area is 181 Å². The van der Waals surface area contributed by atoms with E-state index in [1.807, 2.05) is 12.1 Å². The highest BCUT2D eigenvalue weighted by Gasteiger charge is 2.46. The van der Waals surface area contributed by atoms with Crippen molar-refractivity contribution in [1.29, 1.82) is 0 Å². The van der Waals surface area contributed by atoms with Crippen molar-refractivity contribution in [3.63, 3.8) is 0 Å². The van der Waals surface area contributed by atoms with Crippen LogP contribution in [0, 0.1) is 12.8 Å². The predicted molar refractivity (Wildman–Crippen MR) is 112 cm³/mol. The zero-order valence-electron chi connectivity index (χ0n) is 17.7. The molecule has 10 heteroatoms. The number of hydrogen-bond donors (Lipinski definition) is 0. The van der Waals surface area contributed by atoms with Gasteiger partial charge in [-0.2, -0.15) is 9.29 Å². The highest BCUT2D eigenvalue weighted by atomic mass is 32.2. The van der Waals surface area contributed by atoms with Gasteiger partial charge in [0.2, 0.25) is 0 Å². The van der Waals surface area contributed by atoms with Gasteiger partial charge >= 0.3 is 0 Å².